The number of ether oxygens (including phenoxy) is 1. The van der Waals surface area contributed by atoms with Gasteiger partial charge in [0.2, 0.25) is 0 Å². The summed E-state index contributed by atoms with van der Waals surface area (Å²) in [7, 11) is 2.12. The van der Waals surface area contributed by atoms with Crippen molar-refractivity contribution in [3.05, 3.63) is 0 Å². The zero-order valence-corrected chi connectivity index (χ0v) is 14.7. The van der Waals surface area contributed by atoms with E-state index in [1.165, 1.54) is 89.9 Å². The maximum Gasteiger partial charge on any atom is 0.0727 e. The van der Waals surface area contributed by atoms with Crippen molar-refractivity contribution in [3.63, 3.8) is 0 Å². The fraction of sp³-hybridized carbons (Fsp3) is 1.00. The lowest BCUT2D eigenvalue weighted by Crippen LogP contribution is -2.39. The van der Waals surface area contributed by atoms with Crippen LogP contribution in [0.4, 0.5) is 0 Å². The van der Waals surface area contributed by atoms with Crippen LogP contribution in [0.3, 0.4) is 0 Å². The Balaban J connectivity index is 2.34. The summed E-state index contributed by atoms with van der Waals surface area (Å²) in [4.78, 5) is 0. The van der Waals surface area contributed by atoms with E-state index in [4.69, 9.17) is 4.74 Å². The number of nitrogens with one attached hydrogen (secondary N) is 1. The van der Waals surface area contributed by atoms with Gasteiger partial charge in [0.25, 0.3) is 0 Å². The van der Waals surface area contributed by atoms with Crippen molar-refractivity contribution in [1.29, 1.82) is 0 Å². The van der Waals surface area contributed by atoms with E-state index in [0.29, 0.717) is 12.1 Å². The lowest BCUT2D eigenvalue weighted by molar-refractivity contribution is 0.0159. The number of unbranched alkanes of at least 4 members (excludes halogenated alkanes) is 3. The van der Waals surface area contributed by atoms with Gasteiger partial charge in [-0.05, 0) is 26.3 Å². The summed E-state index contributed by atoms with van der Waals surface area (Å²) in [5.41, 5.74) is 0. The van der Waals surface area contributed by atoms with E-state index in [-0.39, 0.29) is 0 Å². The third kappa shape index (κ3) is 9.52. The molecule has 1 fully saturated rings. The average molecular weight is 298 g/mol. The zero-order valence-electron chi connectivity index (χ0n) is 14.7. The number of hydrogen-bond donors (Lipinski definition) is 1. The summed E-state index contributed by atoms with van der Waals surface area (Å²) >= 11 is 0. The molecular weight excluding hydrogens is 258 g/mol. The molecule has 1 aliphatic carbocycles. The van der Waals surface area contributed by atoms with Gasteiger partial charge < -0.3 is 10.1 Å². The van der Waals surface area contributed by atoms with Crippen molar-refractivity contribution >= 4 is 0 Å². The van der Waals surface area contributed by atoms with Crippen molar-refractivity contribution in [2.24, 2.45) is 0 Å². The molecule has 0 aromatic rings. The predicted molar refractivity (Wildman–Crippen MR) is 92.9 cm³/mol. The highest BCUT2D eigenvalue weighted by Crippen LogP contribution is 2.19. The van der Waals surface area contributed by atoms with Gasteiger partial charge in [0.05, 0.1) is 6.10 Å². The first-order chi connectivity index (χ1) is 10.4. The maximum atomic E-state index is 6.27. The first kappa shape index (κ1) is 19.0. The molecule has 0 spiro atoms. The van der Waals surface area contributed by atoms with E-state index in [1.54, 1.807) is 0 Å². The highest BCUT2D eigenvalue weighted by atomic mass is 16.5. The van der Waals surface area contributed by atoms with Gasteiger partial charge in [-0.25, -0.2) is 0 Å². The standard InChI is InChI=1S/C19H39NO/c1-3-4-5-14-17-21-19-16-13-11-9-7-6-8-10-12-15-18(19)20-2/h18-20H,3-17H2,1-2H3. The van der Waals surface area contributed by atoms with E-state index in [9.17, 15) is 0 Å². The Morgan fingerprint density at radius 1 is 0.810 bits per heavy atom. The Labute approximate surface area is 133 Å². The van der Waals surface area contributed by atoms with Gasteiger partial charge in [0, 0.05) is 12.6 Å². The Hall–Kier alpha value is -0.0800. The van der Waals surface area contributed by atoms with Crippen LogP contribution in [-0.4, -0.2) is 25.8 Å². The zero-order chi connectivity index (χ0) is 15.2. The smallest absolute Gasteiger partial charge is 0.0727 e. The molecule has 0 saturated heterocycles. The second-order valence-electron chi connectivity index (χ2n) is 6.77. The monoisotopic (exact) mass is 297 g/mol. The Morgan fingerprint density at radius 2 is 1.43 bits per heavy atom. The summed E-state index contributed by atoms with van der Waals surface area (Å²) in [5, 5.41) is 3.53. The molecule has 0 heterocycles. The fourth-order valence-corrected chi connectivity index (χ4v) is 3.45. The van der Waals surface area contributed by atoms with Gasteiger partial charge in [0.1, 0.15) is 0 Å². The molecule has 2 atom stereocenters. The van der Waals surface area contributed by atoms with Gasteiger partial charge in [0.15, 0.2) is 0 Å². The van der Waals surface area contributed by atoms with Gasteiger partial charge in [-0.1, -0.05) is 77.6 Å². The van der Waals surface area contributed by atoms with E-state index in [0.717, 1.165) is 6.61 Å². The molecule has 0 aliphatic heterocycles. The number of hydrogen-bond acceptors (Lipinski definition) is 2. The van der Waals surface area contributed by atoms with E-state index >= 15 is 0 Å². The molecule has 0 bridgehead atoms. The summed E-state index contributed by atoms with van der Waals surface area (Å²) in [6.07, 6.45) is 19.4. The van der Waals surface area contributed by atoms with Crippen molar-refractivity contribution in [1.82, 2.24) is 5.32 Å². The molecule has 0 aromatic carbocycles. The molecule has 0 amide bonds. The van der Waals surface area contributed by atoms with Crippen LogP contribution in [0, 0.1) is 0 Å². The summed E-state index contributed by atoms with van der Waals surface area (Å²) in [6.45, 7) is 3.23. The van der Waals surface area contributed by atoms with Crippen LogP contribution >= 0.6 is 0 Å². The van der Waals surface area contributed by atoms with Gasteiger partial charge in [-0.3, -0.25) is 0 Å². The van der Waals surface area contributed by atoms with Crippen LogP contribution in [0.25, 0.3) is 0 Å². The molecule has 126 valence electrons. The highest BCUT2D eigenvalue weighted by Gasteiger charge is 2.20. The van der Waals surface area contributed by atoms with Crippen molar-refractivity contribution < 1.29 is 4.74 Å². The molecule has 1 rings (SSSR count). The highest BCUT2D eigenvalue weighted by molar-refractivity contribution is 4.76. The summed E-state index contributed by atoms with van der Waals surface area (Å²) < 4.78 is 6.27. The van der Waals surface area contributed by atoms with E-state index in [2.05, 4.69) is 19.3 Å². The third-order valence-corrected chi connectivity index (χ3v) is 4.90. The first-order valence-corrected chi connectivity index (χ1v) is 9.67. The second kappa shape index (κ2) is 13.6. The predicted octanol–water partition coefficient (Wildman–Crippen LogP) is 5.45. The Bertz CT molecular complexity index is 220. The lowest BCUT2D eigenvalue weighted by Gasteiger charge is -2.28. The van der Waals surface area contributed by atoms with Crippen LogP contribution < -0.4 is 5.32 Å². The topological polar surface area (TPSA) is 21.3 Å². The maximum absolute atomic E-state index is 6.27. The van der Waals surface area contributed by atoms with Crippen molar-refractivity contribution in [3.8, 4) is 0 Å². The van der Waals surface area contributed by atoms with E-state index < -0.39 is 0 Å². The number of rotatable bonds is 7. The van der Waals surface area contributed by atoms with Crippen LogP contribution in [0.1, 0.15) is 96.8 Å². The van der Waals surface area contributed by atoms with Crippen molar-refractivity contribution in [2.45, 2.75) is 109 Å². The lowest BCUT2D eigenvalue weighted by atomic mass is 9.96. The van der Waals surface area contributed by atoms with Gasteiger partial charge >= 0.3 is 0 Å². The normalized spacial score (nSPS) is 26.0. The van der Waals surface area contributed by atoms with Crippen molar-refractivity contribution in [2.75, 3.05) is 13.7 Å². The SMILES string of the molecule is CCCCCCOC1CCCCCCCCCCC1NC. The fourth-order valence-electron chi connectivity index (χ4n) is 3.45. The van der Waals surface area contributed by atoms with Gasteiger partial charge in [-0.15, -0.1) is 0 Å². The first-order valence-electron chi connectivity index (χ1n) is 9.67. The Morgan fingerprint density at radius 3 is 2.05 bits per heavy atom. The summed E-state index contributed by atoms with van der Waals surface area (Å²) in [5.74, 6) is 0. The van der Waals surface area contributed by atoms with Crippen LogP contribution in [0.2, 0.25) is 0 Å². The molecule has 0 aromatic heterocycles. The molecule has 1 aliphatic rings. The molecule has 1 N–H and O–H groups in total. The largest absolute Gasteiger partial charge is 0.377 e. The van der Waals surface area contributed by atoms with Crippen LogP contribution in [0.15, 0.2) is 0 Å². The molecule has 21 heavy (non-hydrogen) atoms. The quantitative estimate of drug-likeness (QED) is 0.630. The van der Waals surface area contributed by atoms with Gasteiger partial charge in [-0.2, -0.15) is 0 Å². The minimum Gasteiger partial charge on any atom is -0.377 e. The minimum absolute atomic E-state index is 0.441. The molecule has 2 nitrogen and oxygen atoms in total. The second-order valence-corrected chi connectivity index (χ2v) is 6.77. The van der Waals surface area contributed by atoms with Crippen LogP contribution in [-0.2, 0) is 4.74 Å². The minimum atomic E-state index is 0.441. The average Bonchev–Trinajstić information content (AvgIpc) is 2.49. The molecular formula is C19H39NO. The molecule has 2 heteroatoms. The summed E-state index contributed by atoms with van der Waals surface area (Å²) in [6, 6.07) is 0.565. The Kier molecular flexibility index (Phi) is 12.3. The molecule has 2 unspecified atom stereocenters. The van der Waals surface area contributed by atoms with Crippen LogP contribution in [0.5, 0.6) is 0 Å². The third-order valence-electron chi connectivity index (χ3n) is 4.90. The molecule has 1 saturated carbocycles. The number of likely N-dealkylation sites (N-methyl/N-ethyl adjacent to an activating group) is 1. The van der Waals surface area contributed by atoms with E-state index in [1.807, 2.05) is 0 Å². The molecule has 0 radical (unpaired) electrons.